The van der Waals surface area contributed by atoms with Gasteiger partial charge in [-0.1, -0.05) is 36.0 Å². The normalized spacial score (nSPS) is 14.4. The minimum Gasteiger partial charge on any atom is -0.393 e. The molecule has 0 radical (unpaired) electrons. The van der Waals surface area contributed by atoms with Crippen molar-refractivity contribution in [2.75, 3.05) is 6.54 Å². The van der Waals surface area contributed by atoms with Crippen molar-refractivity contribution in [3.63, 3.8) is 0 Å². The van der Waals surface area contributed by atoms with Gasteiger partial charge in [-0.25, -0.2) is 0 Å². The summed E-state index contributed by atoms with van der Waals surface area (Å²) in [5, 5.41) is 2.98. The van der Waals surface area contributed by atoms with Gasteiger partial charge in [-0.3, -0.25) is 4.79 Å². The summed E-state index contributed by atoms with van der Waals surface area (Å²) in [5.41, 5.74) is 8.70. The first-order valence-electron chi connectivity index (χ1n) is 7.48. The van der Waals surface area contributed by atoms with Crippen LogP contribution in [-0.2, 0) is 6.42 Å². The second kappa shape index (κ2) is 7.93. The first kappa shape index (κ1) is 15.7. The van der Waals surface area contributed by atoms with E-state index < -0.39 is 0 Å². The van der Waals surface area contributed by atoms with Crippen LogP contribution < -0.4 is 11.1 Å². The van der Waals surface area contributed by atoms with Gasteiger partial charge in [-0.05, 0) is 49.8 Å². The molecule has 1 aliphatic rings. The average molecular weight is 302 g/mol. The number of carbonyl (C=O) groups excluding carboxylic acids is 1. The zero-order chi connectivity index (χ0) is 15.1. The van der Waals surface area contributed by atoms with Crippen molar-refractivity contribution in [1.82, 2.24) is 5.32 Å². The first-order valence-corrected chi connectivity index (χ1v) is 7.89. The second-order valence-corrected chi connectivity index (χ2v) is 5.98. The third-order valence-corrected chi connectivity index (χ3v) is 3.86. The lowest BCUT2D eigenvalue weighted by Gasteiger charge is -2.13. The maximum atomic E-state index is 12.0. The van der Waals surface area contributed by atoms with E-state index in [1.807, 2.05) is 24.3 Å². The van der Waals surface area contributed by atoms with Crippen molar-refractivity contribution in [2.45, 2.75) is 38.5 Å². The zero-order valence-electron chi connectivity index (χ0n) is 12.2. The monoisotopic (exact) mass is 302 g/mol. The quantitative estimate of drug-likeness (QED) is 0.627. The lowest BCUT2D eigenvalue weighted by atomic mass is 9.97. The Hall–Kier alpha value is -1.68. The van der Waals surface area contributed by atoms with Gasteiger partial charge < -0.3 is 11.1 Å². The second-order valence-electron chi connectivity index (χ2n) is 5.45. The molecule has 0 atom stereocenters. The summed E-state index contributed by atoms with van der Waals surface area (Å²) in [5.74, 6) is -0.0201. The Kier molecular flexibility index (Phi) is 5.93. The molecule has 0 aliphatic heterocycles. The van der Waals surface area contributed by atoms with Crippen molar-refractivity contribution >= 4 is 23.1 Å². The predicted molar refractivity (Wildman–Crippen MR) is 90.4 cm³/mol. The highest BCUT2D eigenvalue weighted by molar-refractivity contribution is 7.80. The molecular weight excluding hydrogens is 280 g/mol. The lowest BCUT2D eigenvalue weighted by Crippen LogP contribution is -2.24. The fraction of sp³-hybridized carbons (Fsp3) is 0.412. The summed E-state index contributed by atoms with van der Waals surface area (Å²) in [4.78, 5) is 12.5. The third-order valence-electron chi connectivity index (χ3n) is 3.71. The summed E-state index contributed by atoms with van der Waals surface area (Å²) in [7, 11) is 0. The molecule has 0 unspecified atom stereocenters. The van der Waals surface area contributed by atoms with Gasteiger partial charge in [0.2, 0.25) is 0 Å². The van der Waals surface area contributed by atoms with Crippen molar-refractivity contribution in [3.8, 4) is 0 Å². The highest BCUT2D eigenvalue weighted by Crippen LogP contribution is 2.19. The van der Waals surface area contributed by atoms with Gasteiger partial charge in [0.1, 0.15) is 0 Å². The average Bonchev–Trinajstić information content (AvgIpc) is 2.48. The number of thiocarbonyl (C=S) groups is 1. The molecule has 0 heterocycles. The number of hydrogen-bond acceptors (Lipinski definition) is 2. The number of benzene rings is 1. The fourth-order valence-corrected chi connectivity index (χ4v) is 2.71. The zero-order valence-corrected chi connectivity index (χ0v) is 13.0. The van der Waals surface area contributed by atoms with Crippen molar-refractivity contribution in [3.05, 3.63) is 47.0 Å². The van der Waals surface area contributed by atoms with E-state index >= 15 is 0 Å². The smallest absolute Gasteiger partial charge is 0.251 e. The number of allylic oxidation sites excluding steroid dienone is 1. The van der Waals surface area contributed by atoms with Crippen LogP contribution in [0, 0.1) is 0 Å². The largest absolute Gasteiger partial charge is 0.393 e. The molecule has 2 rings (SSSR count). The van der Waals surface area contributed by atoms with Crippen LogP contribution in [0.3, 0.4) is 0 Å². The van der Waals surface area contributed by atoms with Crippen LogP contribution in [0.15, 0.2) is 35.9 Å². The standard InChI is InChI=1S/C17H22N2OS/c18-16(21)12-14-6-8-15(9-7-14)17(20)19-11-10-13-4-2-1-3-5-13/h4,6-9H,1-3,5,10-12H2,(H2,18,21)(H,19,20). The first-order chi connectivity index (χ1) is 10.1. The van der Waals surface area contributed by atoms with E-state index in [-0.39, 0.29) is 5.91 Å². The minimum atomic E-state index is -0.0201. The molecule has 4 heteroatoms. The van der Waals surface area contributed by atoms with Crippen LogP contribution in [0.4, 0.5) is 0 Å². The van der Waals surface area contributed by atoms with Crippen LogP contribution >= 0.6 is 12.2 Å². The van der Waals surface area contributed by atoms with E-state index in [4.69, 9.17) is 18.0 Å². The van der Waals surface area contributed by atoms with E-state index in [0.29, 0.717) is 23.5 Å². The van der Waals surface area contributed by atoms with Crippen LogP contribution in [0.1, 0.15) is 48.0 Å². The molecule has 1 aromatic rings. The summed E-state index contributed by atoms with van der Waals surface area (Å²) in [6, 6.07) is 7.45. The SMILES string of the molecule is NC(=S)Cc1ccc(C(=O)NCCC2=CCCCC2)cc1. The van der Waals surface area contributed by atoms with E-state index in [1.54, 1.807) is 0 Å². The number of nitrogens with two attached hydrogens (primary N) is 1. The van der Waals surface area contributed by atoms with Crippen molar-refractivity contribution in [1.29, 1.82) is 0 Å². The van der Waals surface area contributed by atoms with Gasteiger partial charge in [0.25, 0.3) is 5.91 Å². The molecule has 3 nitrogen and oxygen atoms in total. The number of carbonyl (C=O) groups is 1. The Labute approximate surface area is 131 Å². The van der Waals surface area contributed by atoms with Gasteiger partial charge in [-0.2, -0.15) is 0 Å². The molecule has 21 heavy (non-hydrogen) atoms. The highest BCUT2D eigenvalue weighted by atomic mass is 32.1. The fourth-order valence-electron chi connectivity index (χ4n) is 2.55. The Morgan fingerprint density at radius 2 is 2.00 bits per heavy atom. The summed E-state index contributed by atoms with van der Waals surface area (Å²) >= 11 is 4.87. The molecule has 0 aromatic heterocycles. The number of hydrogen-bond donors (Lipinski definition) is 2. The molecule has 3 N–H and O–H groups in total. The topological polar surface area (TPSA) is 55.1 Å². The van der Waals surface area contributed by atoms with Crippen LogP contribution in [0.2, 0.25) is 0 Å². The Morgan fingerprint density at radius 1 is 1.24 bits per heavy atom. The third kappa shape index (κ3) is 5.31. The maximum absolute atomic E-state index is 12.0. The molecule has 0 fully saturated rings. The Bertz CT molecular complexity index is 534. The van der Waals surface area contributed by atoms with Gasteiger partial charge >= 0.3 is 0 Å². The summed E-state index contributed by atoms with van der Waals surface area (Å²) in [6.07, 6.45) is 8.81. The van der Waals surface area contributed by atoms with E-state index in [1.165, 1.54) is 31.3 Å². The Balaban J connectivity index is 1.80. The molecule has 112 valence electrons. The molecular formula is C17H22N2OS. The molecule has 0 saturated heterocycles. The molecule has 1 amide bonds. The van der Waals surface area contributed by atoms with Gasteiger partial charge in [0, 0.05) is 18.5 Å². The predicted octanol–water partition coefficient (Wildman–Crippen LogP) is 3.14. The van der Waals surface area contributed by atoms with E-state index in [2.05, 4.69) is 11.4 Å². The van der Waals surface area contributed by atoms with Crippen molar-refractivity contribution < 1.29 is 4.79 Å². The lowest BCUT2D eigenvalue weighted by molar-refractivity contribution is 0.0954. The number of amides is 1. The highest BCUT2D eigenvalue weighted by Gasteiger charge is 2.07. The van der Waals surface area contributed by atoms with Crippen LogP contribution in [-0.4, -0.2) is 17.4 Å². The van der Waals surface area contributed by atoms with Crippen molar-refractivity contribution in [2.24, 2.45) is 5.73 Å². The molecule has 1 aromatic carbocycles. The van der Waals surface area contributed by atoms with Gasteiger partial charge in [0.15, 0.2) is 0 Å². The summed E-state index contributed by atoms with van der Waals surface area (Å²) < 4.78 is 0. The van der Waals surface area contributed by atoms with Crippen LogP contribution in [0.25, 0.3) is 0 Å². The minimum absolute atomic E-state index is 0.0201. The van der Waals surface area contributed by atoms with E-state index in [0.717, 1.165) is 12.0 Å². The molecule has 0 saturated carbocycles. The molecule has 0 spiro atoms. The maximum Gasteiger partial charge on any atom is 0.251 e. The van der Waals surface area contributed by atoms with Crippen LogP contribution in [0.5, 0.6) is 0 Å². The Morgan fingerprint density at radius 3 is 2.62 bits per heavy atom. The number of rotatable bonds is 6. The van der Waals surface area contributed by atoms with Gasteiger partial charge in [0.05, 0.1) is 4.99 Å². The molecule has 1 aliphatic carbocycles. The molecule has 0 bridgehead atoms. The van der Waals surface area contributed by atoms with E-state index in [9.17, 15) is 4.79 Å². The number of nitrogens with one attached hydrogen (secondary N) is 1. The van der Waals surface area contributed by atoms with Gasteiger partial charge in [-0.15, -0.1) is 0 Å². The summed E-state index contributed by atoms with van der Waals surface area (Å²) in [6.45, 7) is 0.708.